The zero-order valence-electron chi connectivity index (χ0n) is 13.7. The van der Waals surface area contributed by atoms with Crippen LogP contribution in [-0.4, -0.2) is 15.2 Å². The van der Waals surface area contributed by atoms with Crippen molar-refractivity contribution in [2.75, 3.05) is 5.32 Å². The Balaban J connectivity index is 1.47. The highest BCUT2D eigenvalue weighted by atomic mass is 15.1. The molecule has 4 rings (SSSR count). The molecule has 0 bridgehead atoms. The first-order valence-corrected chi connectivity index (χ1v) is 8.23. The molecule has 2 aromatic heterocycles. The van der Waals surface area contributed by atoms with Gasteiger partial charge in [-0.15, -0.1) is 0 Å². The first-order chi connectivity index (χ1) is 12.4. The molecule has 0 aliphatic heterocycles. The van der Waals surface area contributed by atoms with E-state index in [1.54, 1.807) is 0 Å². The quantitative estimate of drug-likeness (QED) is 0.556. The molecule has 4 heteroatoms. The van der Waals surface area contributed by atoms with Crippen LogP contribution in [0.15, 0.2) is 85.2 Å². The third-order valence-electron chi connectivity index (χ3n) is 4.11. The van der Waals surface area contributed by atoms with Crippen molar-refractivity contribution in [1.29, 1.82) is 0 Å². The van der Waals surface area contributed by atoms with E-state index in [1.165, 1.54) is 5.56 Å². The van der Waals surface area contributed by atoms with Crippen molar-refractivity contribution in [3.05, 3.63) is 90.8 Å². The van der Waals surface area contributed by atoms with Crippen molar-refractivity contribution in [3.8, 4) is 22.4 Å². The van der Waals surface area contributed by atoms with Crippen molar-refractivity contribution >= 4 is 5.82 Å². The van der Waals surface area contributed by atoms with Crippen molar-refractivity contribution < 1.29 is 0 Å². The number of nitrogens with zero attached hydrogens (tertiary/aromatic N) is 2. The number of hydrogen-bond acceptors (Lipinski definition) is 3. The average Bonchev–Trinajstić information content (AvgIpc) is 3.17. The van der Waals surface area contributed by atoms with Crippen LogP contribution in [-0.2, 0) is 6.54 Å². The van der Waals surface area contributed by atoms with E-state index in [0.29, 0.717) is 6.54 Å². The summed E-state index contributed by atoms with van der Waals surface area (Å²) in [7, 11) is 0. The molecule has 0 fully saturated rings. The van der Waals surface area contributed by atoms with Crippen LogP contribution in [0.2, 0.25) is 0 Å². The molecule has 2 N–H and O–H groups in total. The molecule has 2 aromatic carbocycles. The number of hydrogen-bond donors (Lipinski definition) is 2. The predicted octanol–water partition coefficient (Wildman–Crippen LogP) is 4.75. The monoisotopic (exact) mass is 326 g/mol. The number of nitrogens with one attached hydrogen (secondary N) is 2. The lowest BCUT2D eigenvalue weighted by Crippen LogP contribution is -2.01. The lowest BCUT2D eigenvalue weighted by molar-refractivity contribution is 1.09. The third kappa shape index (κ3) is 3.43. The Hall–Kier alpha value is -3.40. The van der Waals surface area contributed by atoms with Gasteiger partial charge in [-0.3, -0.25) is 5.10 Å². The average molecular weight is 326 g/mol. The topological polar surface area (TPSA) is 53.6 Å². The van der Waals surface area contributed by atoms with Gasteiger partial charge in [-0.25, -0.2) is 4.98 Å². The molecule has 0 amide bonds. The van der Waals surface area contributed by atoms with E-state index in [-0.39, 0.29) is 0 Å². The fourth-order valence-corrected chi connectivity index (χ4v) is 2.79. The first-order valence-electron chi connectivity index (χ1n) is 8.23. The van der Waals surface area contributed by atoms with Crippen molar-refractivity contribution in [2.45, 2.75) is 6.54 Å². The normalized spacial score (nSPS) is 10.6. The maximum atomic E-state index is 4.52. The third-order valence-corrected chi connectivity index (χ3v) is 4.11. The summed E-state index contributed by atoms with van der Waals surface area (Å²) in [6, 6.07) is 24.5. The molecule has 0 aliphatic rings. The fraction of sp³-hybridized carbons (Fsp3) is 0.0476. The maximum absolute atomic E-state index is 4.52. The highest BCUT2D eigenvalue weighted by Crippen LogP contribution is 2.22. The summed E-state index contributed by atoms with van der Waals surface area (Å²) in [5, 5.41) is 10.6. The van der Waals surface area contributed by atoms with Crippen LogP contribution in [0.4, 0.5) is 5.82 Å². The van der Waals surface area contributed by atoms with E-state index in [9.17, 15) is 0 Å². The highest BCUT2D eigenvalue weighted by molar-refractivity contribution is 5.64. The van der Waals surface area contributed by atoms with Gasteiger partial charge in [0.15, 0.2) is 0 Å². The van der Waals surface area contributed by atoms with Crippen LogP contribution < -0.4 is 5.32 Å². The van der Waals surface area contributed by atoms with Gasteiger partial charge in [0.2, 0.25) is 0 Å². The van der Waals surface area contributed by atoms with Crippen LogP contribution in [0.5, 0.6) is 0 Å². The second kappa shape index (κ2) is 7.01. The molecule has 0 radical (unpaired) electrons. The summed E-state index contributed by atoms with van der Waals surface area (Å²) in [5.74, 6) is 0.847. The molecule has 0 spiro atoms. The molecule has 0 aliphatic carbocycles. The Morgan fingerprint density at radius 2 is 1.44 bits per heavy atom. The van der Waals surface area contributed by atoms with Crippen LogP contribution >= 0.6 is 0 Å². The second-order valence-electron chi connectivity index (χ2n) is 5.79. The molecule has 0 atom stereocenters. The van der Waals surface area contributed by atoms with Gasteiger partial charge in [-0.2, -0.15) is 5.10 Å². The standard InChI is InChI=1S/C21H18N4/c1-3-7-16(8-4-1)18-11-12-20(22-13-18)23-14-19-15-24-25-21(19)17-9-5-2-6-10-17/h1-13,15H,14H2,(H,22,23)(H,24,25). The number of benzene rings is 2. The van der Waals surface area contributed by atoms with E-state index in [1.807, 2.05) is 54.9 Å². The molecule has 122 valence electrons. The fourth-order valence-electron chi connectivity index (χ4n) is 2.79. The van der Waals surface area contributed by atoms with Gasteiger partial charge in [-0.05, 0) is 23.3 Å². The summed E-state index contributed by atoms with van der Waals surface area (Å²) >= 11 is 0. The van der Waals surface area contributed by atoms with Crippen molar-refractivity contribution in [2.24, 2.45) is 0 Å². The van der Waals surface area contributed by atoms with Crippen molar-refractivity contribution in [1.82, 2.24) is 15.2 Å². The van der Waals surface area contributed by atoms with Crippen LogP contribution in [0, 0.1) is 0 Å². The summed E-state index contributed by atoms with van der Waals surface area (Å²) < 4.78 is 0. The van der Waals surface area contributed by atoms with Gasteiger partial charge in [0, 0.05) is 23.9 Å². The van der Waals surface area contributed by atoms with Crippen molar-refractivity contribution in [3.63, 3.8) is 0 Å². The van der Waals surface area contributed by atoms with E-state index in [4.69, 9.17) is 0 Å². The lowest BCUT2D eigenvalue weighted by atomic mass is 10.1. The zero-order chi connectivity index (χ0) is 16.9. The Labute approximate surface area is 146 Å². The van der Waals surface area contributed by atoms with E-state index in [0.717, 1.165) is 28.2 Å². The van der Waals surface area contributed by atoms with Gasteiger partial charge >= 0.3 is 0 Å². The number of H-pyrrole nitrogens is 1. The molecule has 0 unspecified atom stereocenters. The minimum Gasteiger partial charge on any atom is -0.366 e. The number of anilines is 1. The summed E-state index contributed by atoms with van der Waals surface area (Å²) in [6.07, 6.45) is 3.75. The Morgan fingerprint density at radius 1 is 0.720 bits per heavy atom. The second-order valence-corrected chi connectivity index (χ2v) is 5.79. The lowest BCUT2D eigenvalue weighted by Gasteiger charge is -2.07. The molecule has 4 nitrogen and oxygen atoms in total. The first kappa shape index (κ1) is 15.1. The van der Waals surface area contributed by atoms with Crippen LogP contribution in [0.1, 0.15) is 5.56 Å². The van der Waals surface area contributed by atoms with Gasteiger partial charge in [0.25, 0.3) is 0 Å². The maximum Gasteiger partial charge on any atom is 0.126 e. The molecule has 25 heavy (non-hydrogen) atoms. The largest absolute Gasteiger partial charge is 0.366 e. The molecular weight excluding hydrogens is 308 g/mol. The number of aromatic amines is 1. The van der Waals surface area contributed by atoms with Crippen LogP contribution in [0.3, 0.4) is 0 Å². The van der Waals surface area contributed by atoms with Gasteiger partial charge in [0.1, 0.15) is 5.82 Å². The summed E-state index contributed by atoms with van der Waals surface area (Å²) in [6.45, 7) is 0.665. The molecule has 0 saturated heterocycles. The summed E-state index contributed by atoms with van der Waals surface area (Å²) in [4.78, 5) is 4.52. The van der Waals surface area contributed by atoms with E-state index >= 15 is 0 Å². The zero-order valence-corrected chi connectivity index (χ0v) is 13.7. The van der Waals surface area contributed by atoms with Gasteiger partial charge in [-0.1, -0.05) is 60.7 Å². The highest BCUT2D eigenvalue weighted by Gasteiger charge is 2.07. The van der Waals surface area contributed by atoms with Crippen LogP contribution in [0.25, 0.3) is 22.4 Å². The minimum atomic E-state index is 0.665. The number of pyridine rings is 1. The SMILES string of the molecule is c1ccc(-c2ccc(NCc3cn[nH]c3-c3ccccc3)nc2)cc1. The number of rotatable bonds is 5. The smallest absolute Gasteiger partial charge is 0.126 e. The molecule has 4 aromatic rings. The van der Waals surface area contributed by atoms with E-state index in [2.05, 4.69) is 50.8 Å². The van der Waals surface area contributed by atoms with E-state index < -0.39 is 0 Å². The Bertz CT molecular complexity index is 929. The Morgan fingerprint density at radius 3 is 2.12 bits per heavy atom. The molecule has 2 heterocycles. The van der Waals surface area contributed by atoms with Gasteiger partial charge in [0.05, 0.1) is 11.9 Å². The molecule has 0 saturated carbocycles. The molecular formula is C21H18N4. The van der Waals surface area contributed by atoms with Gasteiger partial charge < -0.3 is 5.32 Å². The minimum absolute atomic E-state index is 0.665. The Kier molecular flexibility index (Phi) is 4.25. The predicted molar refractivity (Wildman–Crippen MR) is 101 cm³/mol. The number of aromatic nitrogens is 3. The summed E-state index contributed by atoms with van der Waals surface area (Å²) in [5.41, 5.74) is 5.56.